The Kier molecular flexibility index (Phi) is 4.99. The van der Waals surface area contributed by atoms with Crippen LogP contribution in [0.25, 0.3) is 0 Å². The molecule has 2 atom stereocenters. The summed E-state index contributed by atoms with van der Waals surface area (Å²) < 4.78 is 0. The molecular formula is C14H28N2O. The second-order valence-corrected chi connectivity index (χ2v) is 6.54. The molecule has 1 rings (SSSR count). The van der Waals surface area contributed by atoms with E-state index in [-0.39, 0.29) is 17.4 Å². The van der Waals surface area contributed by atoms with Crippen molar-refractivity contribution in [3.05, 3.63) is 0 Å². The highest BCUT2D eigenvalue weighted by Gasteiger charge is 2.29. The van der Waals surface area contributed by atoms with Crippen LogP contribution in [0.3, 0.4) is 0 Å². The zero-order chi connectivity index (χ0) is 13.1. The van der Waals surface area contributed by atoms with Crippen molar-refractivity contribution in [2.24, 2.45) is 17.1 Å². The van der Waals surface area contributed by atoms with E-state index in [0.29, 0.717) is 5.92 Å². The van der Waals surface area contributed by atoms with Crippen molar-refractivity contribution in [3.63, 3.8) is 0 Å². The van der Waals surface area contributed by atoms with Gasteiger partial charge in [-0.1, -0.05) is 40.0 Å². The normalized spacial score (nSPS) is 21.9. The Morgan fingerprint density at radius 3 is 2.24 bits per heavy atom. The van der Waals surface area contributed by atoms with Gasteiger partial charge in [0.15, 0.2) is 0 Å². The molecule has 0 bridgehead atoms. The molecule has 1 amide bonds. The zero-order valence-electron chi connectivity index (χ0n) is 11.8. The molecule has 1 aliphatic carbocycles. The molecule has 3 nitrogen and oxygen atoms in total. The molecule has 0 saturated heterocycles. The van der Waals surface area contributed by atoms with E-state index in [0.717, 1.165) is 0 Å². The third kappa shape index (κ3) is 4.30. The minimum absolute atomic E-state index is 0.00410. The Bertz CT molecular complexity index is 251. The number of carbonyl (C=O) groups is 1. The summed E-state index contributed by atoms with van der Waals surface area (Å²) in [5.41, 5.74) is 5.79. The number of nitrogens with one attached hydrogen (secondary N) is 1. The maximum atomic E-state index is 12.0. The quantitative estimate of drug-likeness (QED) is 0.796. The van der Waals surface area contributed by atoms with Crippen LogP contribution in [0.1, 0.15) is 59.8 Å². The lowest BCUT2D eigenvalue weighted by molar-refractivity contribution is -0.125. The minimum atomic E-state index is -0.423. The molecule has 100 valence electrons. The maximum absolute atomic E-state index is 12.0. The van der Waals surface area contributed by atoms with Gasteiger partial charge in [-0.2, -0.15) is 0 Å². The summed E-state index contributed by atoms with van der Waals surface area (Å²) in [7, 11) is 0. The van der Waals surface area contributed by atoms with Gasteiger partial charge in [-0.3, -0.25) is 4.79 Å². The molecule has 3 N–H and O–H groups in total. The minimum Gasteiger partial charge on any atom is -0.352 e. The molecule has 0 aromatic carbocycles. The topological polar surface area (TPSA) is 55.1 Å². The van der Waals surface area contributed by atoms with Gasteiger partial charge in [0.2, 0.25) is 5.91 Å². The summed E-state index contributed by atoms with van der Waals surface area (Å²) in [5, 5.41) is 3.09. The van der Waals surface area contributed by atoms with Crippen molar-refractivity contribution in [2.45, 2.75) is 71.9 Å². The average molecular weight is 240 g/mol. The first-order valence-electron chi connectivity index (χ1n) is 6.88. The van der Waals surface area contributed by atoms with E-state index in [9.17, 15) is 4.79 Å². The molecule has 17 heavy (non-hydrogen) atoms. The molecule has 0 radical (unpaired) electrons. The summed E-state index contributed by atoms with van der Waals surface area (Å²) in [6.45, 7) is 8.12. The van der Waals surface area contributed by atoms with Gasteiger partial charge in [0, 0.05) is 6.04 Å². The van der Waals surface area contributed by atoms with Crippen LogP contribution < -0.4 is 11.1 Å². The van der Waals surface area contributed by atoms with Gasteiger partial charge >= 0.3 is 0 Å². The molecule has 0 aromatic rings. The van der Waals surface area contributed by atoms with Gasteiger partial charge < -0.3 is 11.1 Å². The van der Waals surface area contributed by atoms with Crippen molar-refractivity contribution in [1.82, 2.24) is 5.32 Å². The number of amides is 1. The van der Waals surface area contributed by atoms with Gasteiger partial charge in [0.25, 0.3) is 0 Å². The van der Waals surface area contributed by atoms with Crippen molar-refractivity contribution >= 4 is 5.91 Å². The van der Waals surface area contributed by atoms with Gasteiger partial charge in [-0.25, -0.2) is 0 Å². The van der Waals surface area contributed by atoms with Crippen LogP contribution in [0.5, 0.6) is 0 Å². The molecule has 1 unspecified atom stereocenters. The van der Waals surface area contributed by atoms with Crippen LogP contribution in [0.15, 0.2) is 0 Å². The molecule has 1 saturated carbocycles. The number of nitrogens with two attached hydrogens (primary N) is 1. The number of carbonyl (C=O) groups excluding carboxylic acids is 1. The Balaban J connectivity index is 2.44. The third-order valence-electron chi connectivity index (χ3n) is 3.94. The highest BCUT2D eigenvalue weighted by atomic mass is 16.2. The molecule has 0 heterocycles. The zero-order valence-corrected chi connectivity index (χ0v) is 11.8. The lowest BCUT2D eigenvalue weighted by Crippen LogP contribution is -2.52. The van der Waals surface area contributed by atoms with Crippen LogP contribution in [-0.2, 0) is 4.79 Å². The second-order valence-electron chi connectivity index (χ2n) is 6.54. The predicted octanol–water partition coefficient (Wildman–Crippen LogP) is 2.44. The molecule has 3 heteroatoms. The molecule has 1 aliphatic rings. The average Bonchev–Trinajstić information content (AvgIpc) is 2.27. The van der Waals surface area contributed by atoms with E-state index >= 15 is 0 Å². The van der Waals surface area contributed by atoms with E-state index < -0.39 is 6.04 Å². The molecule has 1 fully saturated rings. The van der Waals surface area contributed by atoms with Gasteiger partial charge in [-0.05, 0) is 31.1 Å². The van der Waals surface area contributed by atoms with E-state index in [2.05, 4.69) is 12.2 Å². The van der Waals surface area contributed by atoms with Crippen LogP contribution in [0.4, 0.5) is 0 Å². The van der Waals surface area contributed by atoms with E-state index in [1.807, 2.05) is 20.8 Å². The lowest BCUT2D eigenvalue weighted by Gasteiger charge is -2.31. The highest BCUT2D eigenvalue weighted by molar-refractivity contribution is 5.82. The van der Waals surface area contributed by atoms with Gasteiger partial charge in [0.05, 0.1) is 6.04 Å². The summed E-state index contributed by atoms with van der Waals surface area (Å²) in [6, 6.07) is -0.162. The van der Waals surface area contributed by atoms with E-state index in [1.165, 1.54) is 32.1 Å². The van der Waals surface area contributed by atoms with Crippen LogP contribution in [0, 0.1) is 11.3 Å². The van der Waals surface area contributed by atoms with Crippen LogP contribution in [-0.4, -0.2) is 18.0 Å². The van der Waals surface area contributed by atoms with Gasteiger partial charge in [0.1, 0.15) is 0 Å². The molecular weight excluding hydrogens is 212 g/mol. The molecule has 0 spiro atoms. The number of rotatable bonds is 3. The molecule has 0 aliphatic heterocycles. The second kappa shape index (κ2) is 5.85. The van der Waals surface area contributed by atoms with Crippen molar-refractivity contribution in [1.29, 1.82) is 0 Å². The fourth-order valence-corrected chi connectivity index (χ4v) is 2.46. The smallest absolute Gasteiger partial charge is 0.237 e. The van der Waals surface area contributed by atoms with Crippen molar-refractivity contribution in [3.8, 4) is 0 Å². The Morgan fingerprint density at radius 2 is 1.76 bits per heavy atom. The Morgan fingerprint density at radius 1 is 1.24 bits per heavy atom. The Hall–Kier alpha value is -0.570. The largest absolute Gasteiger partial charge is 0.352 e. The maximum Gasteiger partial charge on any atom is 0.237 e. The highest BCUT2D eigenvalue weighted by Crippen LogP contribution is 2.26. The predicted molar refractivity (Wildman–Crippen MR) is 71.6 cm³/mol. The van der Waals surface area contributed by atoms with Crippen molar-refractivity contribution in [2.75, 3.05) is 0 Å². The first kappa shape index (κ1) is 14.5. The van der Waals surface area contributed by atoms with E-state index in [1.54, 1.807) is 0 Å². The number of hydrogen-bond acceptors (Lipinski definition) is 2. The molecule has 0 aromatic heterocycles. The summed E-state index contributed by atoms with van der Waals surface area (Å²) in [4.78, 5) is 12.0. The summed E-state index contributed by atoms with van der Waals surface area (Å²) >= 11 is 0. The standard InChI is InChI=1S/C14H28N2O/c1-10(11-8-6-5-7-9-11)16-13(17)12(15)14(2,3)4/h10-12H,5-9,15H2,1-4H3,(H,16,17)/t10?,12-/m0/s1. The Labute approximate surface area is 106 Å². The number of hydrogen-bond donors (Lipinski definition) is 2. The lowest BCUT2D eigenvalue weighted by atomic mass is 9.83. The van der Waals surface area contributed by atoms with E-state index in [4.69, 9.17) is 5.73 Å². The SMILES string of the molecule is CC(NC(=O)[C@H](N)C(C)(C)C)C1CCCCC1. The van der Waals surface area contributed by atoms with Crippen LogP contribution >= 0.6 is 0 Å². The fraction of sp³-hybridized carbons (Fsp3) is 0.929. The first-order chi connectivity index (χ1) is 7.82. The van der Waals surface area contributed by atoms with Gasteiger partial charge in [-0.15, -0.1) is 0 Å². The fourth-order valence-electron chi connectivity index (χ4n) is 2.46. The summed E-state index contributed by atoms with van der Waals surface area (Å²) in [5.74, 6) is 0.635. The first-order valence-corrected chi connectivity index (χ1v) is 6.88. The third-order valence-corrected chi connectivity index (χ3v) is 3.94. The summed E-state index contributed by atoms with van der Waals surface area (Å²) in [6.07, 6.45) is 6.43. The monoisotopic (exact) mass is 240 g/mol. The van der Waals surface area contributed by atoms with Crippen molar-refractivity contribution < 1.29 is 4.79 Å². The van der Waals surface area contributed by atoms with Crippen LogP contribution in [0.2, 0.25) is 0 Å².